The average molecular weight is 943 g/mol. The summed E-state index contributed by atoms with van der Waals surface area (Å²) in [6.45, 7) is 18.7. The van der Waals surface area contributed by atoms with Gasteiger partial charge >= 0.3 is 11.9 Å². The molecule has 15 nitrogen and oxygen atoms in total. The van der Waals surface area contributed by atoms with E-state index in [1.54, 1.807) is 24.3 Å². The molecule has 0 aliphatic carbocycles. The first kappa shape index (κ1) is 53.3. The minimum atomic E-state index is -1.07. The van der Waals surface area contributed by atoms with Crippen LogP contribution in [-0.4, -0.2) is 129 Å². The number of esters is 2. The van der Waals surface area contributed by atoms with E-state index in [4.69, 9.17) is 52.1 Å². The Kier molecular flexibility index (Phi) is 20.0. The fourth-order valence-corrected chi connectivity index (χ4v) is 9.81. The summed E-state index contributed by atoms with van der Waals surface area (Å²) in [6, 6.07) is 18.5. The summed E-state index contributed by atoms with van der Waals surface area (Å²) < 4.78 is 70.4. The SMILES string of the molecule is CCC1O[C@H](O[C@@H]2C(OCc3ccccc3)[C@H](OCCCC(=O)OC)OC(CO[C@H]3OC(CO[C@H]4OC(CC)[C@@H](C)[C@H](C)C4O)[C@@H](C)[C@H](C)C3OC(=O)c3ccccc3)[C@H]2C)C(O)[C@@H](C)[C@@H]1C. The summed E-state index contributed by atoms with van der Waals surface area (Å²) in [5.74, 6) is -1.63. The molecule has 2 aromatic carbocycles. The van der Waals surface area contributed by atoms with Gasteiger partial charge in [-0.3, -0.25) is 4.79 Å². The van der Waals surface area contributed by atoms with Gasteiger partial charge < -0.3 is 62.3 Å². The largest absolute Gasteiger partial charge is 0.469 e. The van der Waals surface area contributed by atoms with Crippen molar-refractivity contribution in [3.8, 4) is 0 Å². The molecule has 8 unspecified atom stereocenters. The molecule has 67 heavy (non-hydrogen) atoms. The maximum Gasteiger partial charge on any atom is 0.338 e. The van der Waals surface area contributed by atoms with E-state index < -0.39 is 79.8 Å². The van der Waals surface area contributed by atoms with Crippen LogP contribution >= 0.6 is 0 Å². The van der Waals surface area contributed by atoms with Crippen LogP contribution < -0.4 is 0 Å². The monoisotopic (exact) mass is 943 g/mol. The van der Waals surface area contributed by atoms with E-state index in [2.05, 4.69) is 27.7 Å². The maximum atomic E-state index is 13.7. The highest BCUT2D eigenvalue weighted by atomic mass is 16.8. The molecule has 4 heterocycles. The van der Waals surface area contributed by atoms with E-state index in [0.29, 0.717) is 12.0 Å². The van der Waals surface area contributed by atoms with Gasteiger partial charge in [0.05, 0.1) is 69.6 Å². The molecule has 6 rings (SSSR count). The first-order valence-electron chi connectivity index (χ1n) is 24.6. The summed E-state index contributed by atoms with van der Waals surface area (Å²) in [4.78, 5) is 25.7. The predicted octanol–water partition coefficient (Wildman–Crippen LogP) is 7.08. The third-order valence-electron chi connectivity index (χ3n) is 15.1. The second-order valence-electron chi connectivity index (χ2n) is 19.3. The quantitative estimate of drug-likeness (QED) is 0.102. The fraction of sp³-hybridized carbons (Fsp3) is 0.731. The zero-order chi connectivity index (χ0) is 48.4. The molecule has 0 radical (unpaired) electrons. The Labute approximate surface area is 397 Å². The van der Waals surface area contributed by atoms with E-state index >= 15 is 0 Å². The predicted molar refractivity (Wildman–Crippen MR) is 246 cm³/mol. The van der Waals surface area contributed by atoms with E-state index in [9.17, 15) is 19.8 Å². The zero-order valence-electron chi connectivity index (χ0n) is 41.2. The van der Waals surface area contributed by atoms with Crippen LogP contribution in [0.3, 0.4) is 0 Å². The van der Waals surface area contributed by atoms with Crippen molar-refractivity contribution < 1.29 is 71.9 Å². The number of aliphatic hydroxyl groups is 2. The first-order chi connectivity index (χ1) is 32.2. The van der Waals surface area contributed by atoms with Crippen LogP contribution in [0, 0.1) is 41.4 Å². The molecule has 2 N–H and O–H groups in total. The van der Waals surface area contributed by atoms with Gasteiger partial charge in [-0.2, -0.15) is 0 Å². The van der Waals surface area contributed by atoms with E-state index in [1.807, 2.05) is 71.0 Å². The summed E-state index contributed by atoms with van der Waals surface area (Å²) in [5, 5.41) is 22.8. The van der Waals surface area contributed by atoms with Crippen molar-refractivity contribution in [2.45, 2.75) is 175 Å². The van der Waals surface area contributed by atoms with Crippen LogP contribution in [0.25, 0.3) is 0 Å². The van der Waals surface area contributed by atoms with E-state index in [1.165, 1.54) is 7.11 Å². The molecule has 15 heteroatoms. The lowest BCUT2D eigenvalue weighted by Gasteiger charge is -2.49. The average Bonchev–Trinajstić information content (AvgIpc) is 3.34. The highest BCUT2D eigenvalue weighted by Crippen LogP contribution is 2.40. The minimum Gasteiger partial charge on any atom is -0.469 e. The highest BCUT2D eigenvalue weighted by molar-refractivity contribution is 5.89. The number of carbonyl (C=O) groups is 2. The summed E-state index contributed by atoms with van der Waals surface area (Å²) in [7, 11) is 1.35. The fourth-order valence-electron chi connectivity index (χ4n) is 9.81. The number of ether oxygens (including phenoxy) is 11. The Morgan fingerprint density at radius 3 is 1.66 bits per heavy atom. The summed E-state index contributed by atoms with van der Waals surface area (Å²) >= 11 is 0. The number of benzene rings is 2. The molecular weight excluding hydrogens is 865 g/mol. The van der Waals surface area contributed by atoms with Gasteiger partial charge in [-0.25, -0.2) is 4.79 Å². The van der Waals surface area contributed by atoms with Gasteiger partial charge in [0.1, 0.15) is 18.3 Å². The third kappa shape index (κ3) is 13.2. The van der Waals surface area contributed by atoms with Crippen molar-refractivity contribution in [3.05, 3.63) is 71.8 Å². The number of hydrogen-bond donors (Lipinski definition) is 2. The second kappa shape index (κ2) is 25.2. The van der Waals surface area contributed by atoms with Gasteiger partial charge in [-0.1, -0.05) is 111 Å². The van der Waals surface area contributed by atoms with E-state index in [-0.39, 0.29) is 86.5 Å². The Morgan fingerprint density at radius 1 is 0.552 bits per heavy atom. The zero-order valence-corrected chi connectivity index (χ0v) is 41.2. The molecule has 4 aliphatic rings. The topological polar surface area (TPSA) is 176 Å². The smallest absolute Gasteiger partial charge is 0.338 e. The molecule has 0 saturated carbocycles. The van der Waals surface area contributed by atoms with Crippen LogP contribution in [0.1, 0.15) is 104 Å². The van der Waals surface area contributed by atoms with Crippen molar-refractivity contribution in [2.75, 3.05) is 26.9 Å². The van der Waals surface area contributed by atoms with Crippen LogP contribution in [-0.2, 0) is 63.5 Å². The molecule has 4 saturated heterocycles. The number of hydrogen-bond acceptors (Lipinski definition) is 15. The molecule has 0 bridgehead atoms. The van der Waals surface area contributed by atoms with Crippen molar-refractivity contribution in [1.82, 2.24) is 0 Å². The molecule has 376 valence electrons. The number of carbonyl (C=O) groups excluding carboxylic acids is 2. The lowest BCUT2D eigenvalue weighted by molar-refractivity contribution is -0.356. The van der Waals surface area contributed by atoms with Gasteiger partial charge in [0.25, 0.3) is 0 Å². The third-order valence-corrected chi connectivity index (χ3v) is 15.1. The van der Waals surface area contributed by atoms with Crippen LogP contribution in [0.15, 0.2) is 60.7 Å². The molecule has 4 fully saturated rings. The Morgan fingerprint density at radius 2 is 1.06 bits per heavy atom. The number of rotatable bonds is 20. The van der Waals surface area contributed by atoms with Gasteiger partial charge in [0, 0.05) is 18.3 Å². The molecule has 0 aromatic heterocycles. The Bertz CT molecular complexity index is 1780. The van der Waals surface area contributed by atoms with Gasteiger partial charge in [-0.15, -0.1) is 0 Å². The van der Waals surface area contributed by atoms with Gasteiger partial charge in [0.15, 0.2) is 31.3 Å². The lowest BCUT2D eigenvalue weighted by atomic mass is 9.82. The maximum absolute atomic E-state index is 13.7. The summed E-state index contributed by atoms with van der Waals surface area (Å²) in [6.07, 6.45) is -7.41. The van der Waals surface area contributed by atoms with Crippen LogP contribution in [0.5, 0.6) is 0 Å². The van der Waals surface area contributed by atoms with Crippen LogP contribution in [0.2, 0.25) is 0 Å². The second-order valence-corrected chi connectivity index (χ2v) is 19.3. The van der Waals surface area contributed by atoms with Crippen molar-refractivity contribution in [1.29, 1.82) is 0 Å². The summed E-state index contributed by atoms with van der Waals surface area (Å²) in [5.41, 5.74) is 1.32. The van der Waals surface area contributed by atoms with Crippen molar-refractivity contribution >= 4 is 11.9 Å². The number of aliphatic hydroxyl groups excluding tert-OH is 2. The van der Waals surface area contributed by atoms with Gasteiger partial charge in [0.2, 0.25) is 0 Å². The Hall–Kier alpha value is -3.06. The molecule has 2 aromatic rings. The highest BCUT2D eigenvalue weighted by Gasteiger charge is 2.52. The van der Waals surface area contributed by atoms with E-state index in [0.717, 1.165) is 18.4 Å². The minimum absolute atomic E-state index is 0.0348. The molecule has 0 spiro atoms. The van der Waals surface area contributed by atoms with Crippen molar-refractivity contribution in [2.24, 2.45) is 41.4 Å². The molecule has 0 amide bonds. The number of methoxy groups -OCH3 is 1. The lowest BCUT2D eigenvalue weighted by Crippen LogP contribution is -2.61. The first-order valence-corrected chi connectivity index (χ1v) is 24.6. The molecular formula is C52H78O15. The standard InChI is InChI=1S/C52H78O15/c1-11-38-29(3)32(6)43(54)49(62-38)60-27-40-31(5)34(8)46(66-48(56)37-22-17-14-18-23-37)51(64-40)61-28-41-35(9)45(67-50-44(55)33(7)30(4)39(12-2)63-50)47(59-26-36-20-15-13-16-21-36)52(65-41)58-25-19-24-42(53)57-10/h13-18,20-23,29-35,38-41,43-47,49-52,54-55H,11-12,19,24-28H2,1-10H3/t29-,30-,31-,32-,33-,34-,35+,38?,39?,40?,41?,43?,44?,45-,46?,47?,49-,50+,51-,52+/m0/s1. The van der Waals surface area contributed by atoms with Crippen LogP contribution in [0.4, 0.5) is 0 Å². The normalized spacial score (nSPS) is 39.1. The molecule has 4 aliphatic heterocycles. The molecule has 20 atom stereocenters. The van der Waals surface area contributed by atoms with Gasteiger partial charge in [-0.05, 0) is 66.5 Å². The Balaban J connectivity index is 1.27. The van der Waals surface area contributed by atoms with Crippen molar-refractivity contribution in [3.63, 3.8) is 0 Å².